The van der Waals surface area contributed by atoms with Crippen LogP contribution in [-0.4, -0.2) is 31.2 Å². The van der Waals surface area contributed by atoms with Gasteiger partial charge in [-0.3, -0.25) is 14.2 Å². The molecule has 0 saturated heterocycles. The summed E-state index contributed by atoms with van der Waals surface area (Å²) in [5, 5.41) is 4.74. The number of allylic oxidation sites excluding steroid dienone is 1. The normalized spacial score (nSPS) is 11.4. The van der Waals surface area contributed by atoms with Crippen LogP contribution in [0, 0.1) is 0 Å². The molecule has 0 saturated carbocycles. The number of amides is 1. The lowest BCUT2D eigenvalue weighted by molar-refractivity contribution is -0.113. The van der Waals surface area contributed by atoms with Gasteiger partial charge in [0.1, 0.15) is 11.0 Å². The van der Waals surface area contributed by atoms with Crippen molar-refractivity contribution in [2.75, 3.05) is 11.1 Å². The van der Waals surface area contributed by atoms with Crippen molar-refractivity contribution in [3.05, 3.63) is 71.5 Å². The number of anilines is 1. The van der Waals surface area contributed by atoms with Gasteiger partial charge in [-0.25, -0.2) is 9.97 Å². The molecule has 0 bridgehead atoms. The van der Waals surface area contributed by atoms with Crippen LogP contribution in [0.25, 0.3) is 32.2 Å². The van der Waals surface area contributed by atoms with Crippen molar-refractivity contribution in [1.29, 1.82) is 0 Å². The minimum absolute atomic E-state index is 0.105. The fourth-order valence-corrected chi connectivity index (χ4v) is 5.07. The molecule has 1 amide bonds. The van der Waals surface area contributed by atoms with Crippen LogP contribution in [0.15, 0.2) is 71.1 Å². The number of thioether (sulfide) groups is 1. The van der Waals surface area contributed by atoms with E-state index in [0.29, 0.717) is 27.9 Å². The molecule has 2 N–H and O–H groups in total. The summed E-state index contributed by atoms with van der Waals surface area (Å²) >= 11 is 2.64. The lowest BCUT2D eigenvalue weighted by atomic mass is 10.2. The fourth-order valence-electron chi connectivity index (χ4n) is 3.39. The van der Waals surface area contributed by atoms with Gasteiger partial charge in [0.05, 0.1) is 16.0 Å². The Morgan fingerprint density at radius 3 is 2.84 bits per heavy atom. The molecule has 9 heteroatoms. The summed E-state index contributed by atoms with van der Waals surface area (Å²) in [6.07, 6.45) is 1.64. The van der Waals surface area contributed by atoms with Crippen LogP contribution in [0.2, 0.25) is 0 Å². The molecule has 3 heterocycles. The predicted molar refractivity (Wildman–Crippen MR) is 127 cm³/mol. The van der Waals surface area contributed by atoms with E-state index in [0.717, 1.165) is 21.1 Å². The number of aromatic amines is 1. The van der Waals surface area contributed by atoms with Gasteiger partial charge in [0.2, 0.25) is 5.91 Å². The van der Waals surface area contributed by atoms with Crippen LogP contribution < -0.4 is 10.9 Å². The third-order valence-corrected chi connectivity index (χ3v) is 6.69. The minimum Gasteiger partial charge on any atom is -0.349 e. The van der Waals surface area contributed by atoms with E-state index >= 15 is 0 Å². The highest BCUT2D eigenvalue weighted by atomic mass is 32.2. The van der Waals surface area contributed by atoms with Crippen molar-refractivity contribution in [3.63, 3.8) is 0 Å². The molecule has 0 aliphatic carbocycles. The van der Waals surface area contributed by atoms with Gasteiger partial charge in [0.15, 0.2) is 10.3 Å². The number of aromatic nitrogens is 4. The first-order chi connectivity index (χ1) is 15.1. The third kappa shape index (κ3) is 3.62. The number of para-hydroxylation sites is 2. The highest BCUT2D eigenvalue weighted by Crippen LogP contribution is 2.27. The Morgan fingerprint density at radius 1 is 1.19 bits per heavy atom. The number of carbonyl (C=O) groups excluding carboxylic acids is 1. The maximum absolute atomic E-state index is 13.1. The molecular weight excluding hydrogens is 430 g/mol. The summed E-state index contributed by atoms with van der Waals surface area (Å²) in [7, 11) is 0. The van der Waals surface area contributed by atoms with Gasteiger partial charge in [-0.2, -0.15) is 0 Å². The fraction of sp³-hybridized carbons (Fsp3) is 0.0909. The maximum atomic E-state index is 13.1. The SMILES string of the molecule is C=CCn1c(SCC(=O)Nc2nc3ccccc3s2)nc2c([nH]c3ccccc32)c1=O. The Bertz CT molecular complexity index is 1480. The van der Waals surface area contributed by atoms with Gasteiger partial charge in [0, 0.05) is 17.4 Å². The Balaban J connectivity index is 1.43. The number of H-pyrrole nitrogens is 1. The molecule has 0 spiro atoms. The van der Waals surface area contributed by atoms with E-state index in [9.17, 15) is 9.59 Å². The molecule has 5 rings (SSSR count). The van der Waals surface area contributed by atoms with Crippen molar-refractivity contribution >= 4 is 66.3 Å². The second-order valence-corrected chi connectivity index (χ2v) is 8.79. The van der Waals surface area contributed by atoms with Gasteiger partial charge in [-0.1, -0.05) is 59.5 Å². The van der Waals surface area contributed by atoms with Gasteiger partial charge in [-0.15, -0.1) is 6.58 Å². The third-order valence-electron chi connectivity index (χ3n) is 4.76. The van der Waals surface area contributed by atoms with Crippen molar-refractivity contribution in [2.45, 2.75) is 11.7 Å². The van der Waals surface area contributed by atoms with Crippen LogP contribution in [0.4, 0.5) is 5.13 Å². The summed E-state index contributed by atoms with van der Waals surface area (Å²) in [6.45, 7) is 4.04. The van der Waals surface area contributed by atoms with Crippen molar-refractivity contribution < 1.29 is 4.79 Å². The van der Waals surface area contributed by atoms with E-state index in [1.807, 2.05) is 48.5 Å². The molecule has 0 aliphatic rings. The Labute approximate surface area is 184 Å². The second-order valence-electron chi connectivity index (χ2n) is 6.82. The van der Waals surface area contributed by atoms with Gasteiger partial charge in [0.25, 0.3) is 5.56 Å². The first kappa shape index (κ1) is 19.5. The topological polar surface area (TPSA) is 92.7 Å². The van der Waals surface area contributed by atoms with Crippen LogP contribution in [-0.2, 0) is 11.3 Å². The quantitative estimate of drug-likeness (QED) is 0.229. The molecule has 0 radical (unpaired) electrons. The van der Waals surface area contributed by atoms with Crippen LogP contribution in [0.1, 0.15) is 0 Å². The monoisotopic (exact) mass is 447 g/mol. The number of hydrogen-bond donors (Lipinski definition) is 2. The van der Waals surface area contributed by atoms with Gasteiger partial charge in [-0.05, 0) is 18.2 Å². The summed E-state index contributed by atoms with van der Waals surface area (Å²) in [4.78, 5) is 37.9. The number of thiazole rings is 1. The maximum Gasteiger partial charge on any atom is 0.278 e. The molecule has 0 unspecified atom stereocenters. The molecule has 5 aromatic rings. The summed E-state index contributed by atoms with van der Waals surface area (Å²) in [5.74, 6) is -0.102. The molecule has 7 nitrogen and oxygen atoms in total. The Morgan fingerprint density at radius 2 is 2.00 bits per heavy atom. The highest BCUT2D eigenvalue weighted by Gasteiger charge is 2.16. The highest BCUT2D eigenvalue weighted by molar-refractivity contribution is 7.99. The summed E-state index contributed by atoms with van der Waals surface area (Å²) in [6, 6.07) is 15.4. The van der Waals surface area contributed by atoms with Crippen molar-refractivity contribution in [1.82, 2.24) is 19.5 Å². The first-order valence-electron chi connectivity index (χ1n) is 9.54. The number of hydrogen-bond acceptors (Lipinski definition) is 6. The van der Waals surface area contributed by atoms with Crippen molar-refractivity contribution in [2.24, 2.45) is 0 Å². The number of carbonyl (C=O) groups is 1. The molecular formula is C22H17N5O2S2. The second kappa shape index (κ2) is 8.01. The molecule has 0 fully saturated rings. The number of fused-ring (bicyclic) bond motifs is 4. The number of benzene rings is 2. The number of nitrogens with one attached hydrogen (secondary N) is 2. The number of nitrogens with zero attached hydrogens (tertiary/aromatic N) is 3. The average Bonchev–Trinajstić information content (AvgIpc) is 3.35. The standard InChI is InChI=1S/C22H17N5O2S2/c1-2-11-27-20(29)19-18(13-7-3-4-8-14(13)23-19)26-22(27)30-12-17(28)25-21-24-15-9-5-6-10-16(15)31-21/h2-10,23H,1,11-12H2,(H,24,25,28). The molecule has 0 aliphatic heterocycles. The molecule has 31 heavy (non-hydrogen) atoms. The first-order valence-corrected chi connectivity index (χ1v) is 11.3. The zero-order valence-corrected chi connectivity index (χ0v) is 17.9. The predicted octanol–water partition coefficient (Wildman–Crippen LogP) is 4.40. The average molecular weight is 448 g/mol. The molecule has 2 aromatic carbocycles. The van der Waals surface area contributed by atoms with Crippen molar-refractivity contribution in [3.8, 4) is 0 Å². The lowest BCUT2D eigenvalue weighted by Crippen LogP contribution is -2.23. The van der Waals surface area contributed by atoms with Gasteiger partial charge < -0.3 is 10.3 Å². The van der Waals surface area contributed by atoms with Crippen LogP contribution >= 0.6 is 23.1 Å². The summed E-state index contributed by atoms with van der Waals surface area (Å²) < 4.78 is 2.54. The minimum atomic E-state index is -0.206. The van der Waals surface area contributed by atoms with E-state index in [-0.39, 0.29) is 17.2 Å². The molecule has 3 aromatic heterocycles. The van der Waals surface area contributed by atoms with Crippen LogP contribution in [0.5, 0.6) is 0 Å². The van der Waals surface area contributed by atoms with E-state index in [4.69, 9.17) is 4.98 Å². The Kier molecular flexibility index (Phi) is 5.05. The van der Waals surface area contributed by atoms with E-state index in [2.05, 4.69) is 21.9 Å². The van der Waals surface area contributed by atoms with Crippen LogP contribution in [0.3, 0.4) is 0 Å². The lowest BCUT2D eigenvalue weighted by Gasteiger charge is -2.09. The zero-order valence-electron chi connectivity index (χ0n) is 16.3. The van der Waals surface area contributed by atoms with Gasteiger partial charge >= 0.3 is 0 Å². The van der Waals surface area contributed by atoms with E-state index < -0.39 is 0 Å². The zero-order chi connectivity index (χ0) is 21.4. The molecule has 154 valence electrons. The van der Waals surface area contributed by atoms with E-state index in [1.165, 1.54) is 27.7 Å². The van der Waals surface area contributed by atoms with E-state index in [1.54, 1.807) is 6.08 Å². The molecule has 0 atom stereocenters. The smallest absolute Gasteiger partial charge is 0.278 e. The largest absolute Gasteiger partial charge is 0.349 e. The Hall–Kier alpha value is -3.43. The number of rotatable bonds is 6. The summed E-state index contributed by atoms with van der Waals surface area (Å²) in [5.41, 5.74) is 2.57.